The number of nitro groups is 1. The van der Waals surface area contributed by atoms with Gasteiger partial charge in [-0.15, -0.1) is 11.3 Å². The Bertz CT molecular complexity index is 824. The second kappa shape index (κ2) is 8.20. The van der Waals surface area contributed by atoms with Crippen LogP contribution in [0.15, 0.2) is 36.4 Å². The molecule has 1 N–H and O–H groups in total. The smallest absolute Gasteiger partial charge is 0.341 e. The minimum absolute atomic E-state index is 0.0188. The highest BCUT2D eigenvalue weighted by Crippen LogP contribution is 2.28. The summed E-state index contributed by atoms with van der Waals surface area (Å²) in [5, 5.41) is 13.7. The van der Waals surface area contributed by atoms with E-state index in [1.807, 2.05) is 6.92 Å². The molecule has 0 radical (unpaired) electrons. The van der Waals surface area contributed by atoms with E-state index in [4.69, 9.17) is 4.74 Å². The Morgan fingerprint density at radius 3 is 2.60 bits per heavy atom. The lowest BCUT2D eigenvalue weighted by Gasteiger charge is -2.03. The molecule has 0 bridgehead atoms. The van der Waals surface area contributed by atoms with Crippen molar-refractivity contribution in [2.45, 2.75) is 13.8 Å². The first kappa shape index (κ1) is 18.3. The van der Waals surface area contributed by atoms with E-state index in [1.54, 1.807) is 25.1 Å². The van der Waals surface area contributed by atoms with Crippen LogP contribution < -0.4 is 5.32 Å². The average Bonchev–Trinajstić information content (AvgIpc) is 2.94. The SMILES string of the molecule is CCOC(=O)c1cc(C)sc1NC(=O)/C=C/c1ccc([N+](=O)[O-])cc1. The molecule has 0 spiro atoms. The molecule has 25 heavy (non-hydrogen) atoms. The van der Waals surface area contributed by atoms with Crippen LogP contribution in [-0.4, -0.2) is 23.4 Å². The Hall–Kier alpha value is -3.00. The molecule has 0 atom stereocenters. The number of aryl methyl sites for hydroxylation is 1. The number of nitrogens with one attached hydrogen (secondary N) is 1. The zero-order chi connectivity index (χ0) is 18.4. The van der Waals surface area contributed by atoms with Crippen molar-refractivity contribution in [2.75, 3.05) is 11.9 Å². The van der Waals surface area contributed by atoms with E-state index in [-0.39, 0.29) is 12.3 Å². The summed E-state index contributed by atoms with van der Waals surface area (Å²) in [5.74, 6) is -0.896. The summed E-state index contributed by atoms with van der Waals surface area (Å²) in [6.45, 7) is 3.79. The van der Waals surface area contributed by atoms with Crippen molar-refractivity contribution in [2.24, 2.45) is 0 Å². The molecule has 1 aromatic carbocycles. The van der Waals surface area contributed by atoms with E-state index in [0.717, 1.165) is 4.88 Å². The number of benzene rings is 1. The molecule has 0 aliphatic carbocycles. The predicted octanol–water partition coefficient (Wildman–Crippen LogP) is 3.79. The van der Waals surface area contributed by atoms with Gasteiger partial charge in [0, 0.05) is 23.1 Å². The molecule has 0 unspecified atom stereocenters. The van der Waals surface area contributed by atoms with Crippen LogP contribution in [0.4, 0.5) is 10.7 Å². The summed E-state index contributed by atoms with van der Waals surface area (Å²) in [6, 6.07) is 7.47. The number of hydrogen-bond donors (Lipinski definition) is 1. The molecule has 130 valence electrons. The number of non-ortho nitro benzene ring substituents is 1. The number of nitro benzene ring substituents is 1. The number of rotatable bonds is 6. The van der Waals surface area contributed by atoms with Gasteiger partial charge in [0.15, 0.2) is 0 Å². The van der Waals surface area contributed by atoms with Crippen molar-refractivity contribution in [3.63, 3.8) is 0 Å². The first-order valence-electron chi connectivity index (χ1n) is 7.41. The van der Waals surface area contributed by atoms with Crippen LogP contribution in [0.1, 0.15) is 27.7 Å². The largest absolute Gasteiger partial charge is 0.462 e. The molecular formula is C17H16N2O5S. The van der Waals surface area contributed by atoms with E-state index in [9.17, 15) is 19.7 Å². The van der Waals surface area contributed by atoms with E-state index in [0.29, 0.717) is 16.1 Å². The average molecular weight is 360 g/mol. The number of ether oxygens (including phenoxy) is 1. The normalized spacial score (nSPS) is 10.6. The molecule has 7 nitrogen and oxygen atoms in total. The molecule has 2 aromatic rings. The summed E-state index contributed by atoms with van der Waals surface area (Å²) >= 11 is 1.28. The summed E-state index contributed by atoms with van der Waals surface area (Å²) in [5.41, 5.74) is 0.949. The fourth-order valence-corrected chi connectivity index (χ4v) is 2.90. The van der Waals surface area contributed by atoms with E-state index in [2.05, 4.69) is 5.32 Å². The Kier molecular flexibility index (Phi) is 6.02. The van der Waals surface area contributed by atoms with Gasteiger partial charge in [-0.05, 0) is 43.7 Å². The van der Waals surface area contributed by atoms with Crippen LogP contribution in [0.25, 0.3) is 6.08 Å². The van der Waals surface area contributed by atoms with Gasteiger partial charge in [0.2, 0.25) is 5.91 Å². The van der Waals surface area contributed by atoms with Gasteiger partial charge in [-0.2, -0.15) is 0 Å². The van der Waals surface area contributed by atoms with Crippen molar-refractivity contribution in [1.29, 1.82) is 0 Å². The number of amides is 1. The van der Waals surface area contributed by atoms with Crippen LogP contribution in [0.3, 0.4) is 0 Å². The lowest BCUT2D eigenvalue weighted by Crippen LogP contribution is -2.11. The molecule has 0 aliphatic heterocycles. The zero-order valence-corrected chi connectivity index (χ0v) is 14.5. The molecule has 2 rings (SSSR count). The number of anilines is 1. The van der Waals surface area contributed by atoms with Gasteiger partial charge in [0.25, 0.3) is 5.69 Å². The molecule has 1 amide bonds. The Morgan fingerprint density at radius 2 is 2.00 bits per heavy atom. The topological polar surface area (TPSA) is 98.5 Å². The second-order valence-electron chi connectivity index (χ2n) is 4.99. The first-order valence-corrected chi connectivity index (χ1v) is 8.23. The first-order chi connectivity index (χ1) is 11.9. The number of hydrogen-bond acceptors (Lipinski definition) is 6. The summed E-state index contributed by atoms with van der Waals surface area (Å²) in [4.78, 5) is 34.9. The van der Waals surface area contributed by atoms with Crippen LogP contribution in [0.5, 0.6) is 0 Å². The van der Waals surface area contributed by atoms with E-state index >= 15 is 0 Å². The van der Waals surface area contributed by atoms with Gasteiger partial charge < -0.3 is 10.1 Å². The molecule has 0 aliphatic rings. The van der Waals surface area contributed by atoms with E-state index < -0.39 is 16.8 Å². The molecular weight excluding hydrogens is 344 g/mol. The number of carbonyl (C=O) groups is 2. The predicted molar refractivity (Wildman–Crippen MR) is 95.8 cm³/mol. The highest BCUT2D eigenvalue weighted by atomic mass is 32.1. The second-order valence-corrected chi connectivity index (χ2v) is 6.25. The van der Waals surface area contributed by atoms with Crippen LogP contribution in [0, 0.1) is 17.0 Å². The van der Waals surface area contributed by atoms with Crippen molar-refractivity contribution in [3.8, 4) is 0 Å². The van der Waals surface area contributed by atoms with Gasteiger partial charge in [0.1, 0.15) is 5.00 Å². The summed E-state index contributed by atoms with van der Waals surface area (Å²) in [7, 11) is 0. The fourth-order valence-electron chi connectivity index (χ4n) is 2.00. The zero-order valence-electron chi connectivity index (χ0n) is 13.6. The maximum atomic E-state index is 12.1. The van der Waals surface area contributed by atoms with Gasteiger partial charge >= 0.3 is 5.97 Å². The number of nitrogens with zero attached hydrogens (tertiary/aromatic N) is 1. The van der Waals surface area contributed by atoms with Crippen LogP contribution >= 0.6 is 11.3 Å². The molecule has 0 saturated carbocycles. The molecule has 0 fully saturated rings. The molecule has 0 saturated heterocycles. The highest BCUT2D eigenvalue weighted by Gasteiger charge is 2.17. The monoisotopic (exact) mass is 360 g/mol. The van der Waals surface area contributed by atoms with Gasteiger partial charge in [-0.25, -0.2) is 4.79 Å². The molecule has 8 heteroatoms. The molecule has 1 aromatic heterocycles. The molecule has 1 heterocycles. The quantitative estimate of drug-likeness (QED) is 0.366. The van der Waals surface area contributed by atoms with E-state index in [1.165, 1.54) is 35.6 Å². The summed E-state index contributed by atoms with van der Waals surface area (Å²) in [6.07, 6.45) is 2.83. The third-order valence-corrected chi connectivity index (χ3v) is 4.08. The van der Waals surface area contributed by atoms with Crippen molar-refractivity contribution < 1.29 is 19.2 Å². The third-order valence-electron chi connectivity index (χ3n) is 3.12. The fraction of sp³-hybridized carbons (Fsp3) is 0.176. The van der Waals surface area contributed by atoms with Crippen molar-refractivity contribution in [1.82, 2.24) is 0 Å². The maximum absolute atomic E-state index is 12.1. The van der Waals surface area contributed by atoms with Crippen molar-refractivity contribution in [3.05, 3.63) is 62.5 Å². The van der Waals surface area contributed by atoms with Crippen LogP contribution in [0.2, 0.25) is 0 Å². The Labute approximate surface area is 148 Å². The van der Waals surface area contributed by atoms with Gasteiger partial charge in [-0.1, -0.05) is 0 Å². The Morgan fingerprint density at radius 1 is 1.32 bits per heavy atom. The maximum Gasteiger partial charge on any atom is 0.341 e. The number of esters is 1. The standard InChI is InChI=1S/C17H16N2O5S/c1-3-24-17(21)14-10-11(2)25-16(14)18-15(20)9-6-12-4-7-13(8-5-12)19(22)23/h4-10H,3H2,1-2H3,(H,18,20)/b9-6+. The summed E-state index contributed by atoms with van der Waals surface area (Å²) < 4.78 is 4.97. The van der Waals surface area contributed by atoms with Crippen molar-refractivity contribution >= 4 is 40.0 Å². The van der Waals surface area contributed by atoms with Gasteiger partial charge in [-0.3, -0.25) is 14.9 Å². The number of carbonyl (C=O) groups excluding carboxylic acids is 2. The minimum atomic E-state index is -0.490. The van der Waals surface area contributed by atoms with Gasteiger partial charge in [0.05, 0.1) is 17.1 Å². The van der Waals surface area contributed by atoms with Crippen LogP contribution in [-0.2, 0) is 9.53 Å². The third kappa shape index (κ3) is 4.98. The lowest BCUT2D eigenvalue weighted by atomic mass is 10.2. The lowest BCUT2D eigenvalue weighted by molar-refractivity contribution is -0.384. The highest BCUT2D eigenvalue weighted by molar-refractivity contribution is 7.16. The number of thiophene rings is 1. The Balaban J connectivity index is 2.07. The minimum Gasteiger partial charge on any atom is -0.462 e.